The van der Waals surface area contributed by atoms with Gasteiger partial charge in [0.25, 0.3) is 0 Å². The second-order valence-electron chi connectivity index (χ2n) is 1.94. The molecule has 10 heavy (non-hydrogen) atoms. The molecule has 0 N–H and O–H groups in total. The first-order chi connectivity index (χ1) is 4.79. The number of allylic oxidation sites excluding steroid dienone is 3. The van der Waals surface area contributed by atoms with Crippen LogP contribution in [-0.4, -0.2) is 5.17 Å². The maximum absolute atomic E-state index is 5.64. The zero-order chi connectivity index (χ0) is 7.40. The average Bonchev–Trinajstić information content (AvgIpc) is 1.83. The Kier molecular flexibility index (Phi) is 2.97. The van der Waals surface area contributed by atoms with Gasteiger partial charge in [-0.05, 0) is 25.0 Å². The Bertz CT molecular complexity index is 204. The van der Waals surface area contributed by atoms with Crippen LogP contribution in [0.15, 0.2) is 28.4 Å². The van der Waals surface area contributed by atoms with Crippen molar-refractivity contribution < 1.29 is 0 Å². The number of hydrogen-bond acceptors (Lipinski definition) is 1. The fraction of sp³-hybridized carbons (Fsp3) is 0.286. The van der Waals surface area contributed by atoms with E-state index in [1.54, 1.807) is 6.08 Å². The van der Waals surface area contributed by atoms with Crippen molar-refractivity contribution >= 4 is 28.4 Å². The van der Waals surface area contributed by atoms with E-state index in [-0.39, 0.29) is 0 Å². The van der Waals surface area contributed by atoms with Gasteiger partial charge in [0.05, 0.1) is 0 Å². The van der Waals surface area contributed by atoms with Gasteiger partial charge in [-0.25, -0.2) is 4.99 Å². The number of rotatable bonds is 0. The molecule has 0 bridgehead atoms. The van der Waals surface area contributed by atoms with Crippen molar-refractivity contribution in [2.75, 3.05) is 0 Å². The highest BCUT2D eigenvalue weighted by atomic mass is 35.5. The van der Waals surface area contributed by atoms with E-state index < -0.39 is 0 Å². The lowest BCUT2D eigenvalue weighted by atomic mass is 10.3. The lowest BCUT2D eigenvalue weighted by Gasteiger charge is -1.95. The molecule has 3 heteroatoms. The van der Waals surface area contributed by atoms with E-state index in [1.165, 1.54) is 0 Å². The molecule has 0 aromatic heterocycles. The average molecular weight is 176 g/mol. The molecule has 1 heterocycles. The van der Waals surface area contributed by atoms with E-state index in [9.17, 15) is 0 Å². The van der Waals surface area contributed by atoms with E-state index in [0.717, 1.165) is 12.8 Å². The predicted octanol–water partition coefficient (Wildman–Crippen LogP) is 3.05. The third-order valence-electron chi connectivity index (χ3n) is 1.12. The monoisotopic (exact) mass is 175 g/mol. The fourth-order valence-electron chi connectivity index (χ4n) is 0.664. The Morgan fingerprint density at radius 1 is 1.30 bits per heavy atom. The molecule has 0 amide bonds. The van der Waals surface area contributed by atoms with Crippen molar-refractivity contribution in [3.8, 4) is 0 Å². The van der Waals surface area contributed by atoms with Crippen LogP contribution in [0.3, 0.4) is 0 Å². The molecule has 1 aliphatic heterocycles. The quantitative estimate of drug-likeness (QED) is 0.503. The summed E-state index contributed by atoms with van der Waals surface area (Å²) in [7, 11) is 0. The molecule has 0 saturated carbocycles. The Morgan fingerprint density at radius 3 is 2.90 bits per heavy atom. The van der Waals surface area contributed by atoms with Gasteiger partial charge < -0.3 is 0 Å². The second kappa shape index (κ2) is 3.79. The van der Waals surface area contributed by atoms with E-state index in [4.69, 9.17) is 23.2 Å². The Morgan fingerprint density at radius 2 is 2.10 bits per heavy atom. The molecule has 1 aliphatic rings. The van der Waals surface area contributed by atoms with Gasteiger partial charge >= 0.3 is 0 Å². The lowest BCUT2D eigenvalue weighted by Crippen LogP contribution is -1.83. The number of aliphatic imine (C=N–C) groups is 1. The van der Waals surface area contributed by atoms with Crippen LogP contribution in [0.2, 0.25) is 0 Å². The van der Waals surface area contributed by atoms with Crippen molar-refractivity contribution in [3.63, 3.8) is 0 Å². The molecule has 1 rings (SSSR count). The smallest absolute Gasteiger partial charge is 0.130 e. The van der Waals surface area contributed by atoms with Crippen LogP contribution in [0.1, 0.15) is 12.8 Å². The molecule has 0 aromatic rings. The SMILES string of the molecule is ClC1=C/CC\C=C/C(Cl)=N\1. The first-order valence-corrected chi connectivity index (χ1v) is 3.81. The molecule has 0 saturated heterocycles. The number of hydrogen-bond donors (Lipinski definition) is 0. The summed E-state index contributed by atoms with van der Waals surface area (Å²) >= 11 is 11.3. The first-order valence-electron chi connectivity index (χ1n) is 3.05. The van der Waals surface area contributed by atoms with Gasteiger partial charge in [0, 0.05) is 0 Å². The van der Waals surface area contributed by atoms with E-state index in [0.29, 0.717) is 10.3 Å². The van der Waals surface area contributed by atoms with Gasteiger partial charge in [0.15, 0.2) is 0 Å². The van der Waals surface area contributed by atoms with Crippen LogP contribution in [0.5, 0.6) is 0 Å². The maximum Gasteiger partial charge on any atom is 0.130 e. The van der Waals surface area contributed by atoms with Crippen LogP contribution in [0.25, 0.3) is 0 Å². The molecule has 0 aromatic carbocycles. The summed E-state index contributed by atoms with van der Waals surface area (Å²) in [6.07, 6.45) is 7.50. The summed E-state index contributed by atoms with van der Waals surface area (Å²) in [6.45, 7) is 0. The van der Waals surface area contributed by atoms with Crippen molar-refractivity contribution in [1.29, 1.82) is 0 Å². The summed E-state index contributed by atoms with van der Waals surface area (Å²) in [5.41, 5.74) is 0. The fourth-order valence-corrected chi connectivity index (χ4v) is 1.09. The minimum Gasteiger partial charge on any atom is -0.225 e. The molecule has 0 radical (unpaired) electrons. The summed E-state index contributed by atoms with van der Waals surface area (Å²) in [5, 5.41) is 0.926. The van der Waals surface area contributed by atoms with Crippen LogP contribution in [-0.2, 0) is 0 Å². The molecule has 1 nitrogen and oxygen atoms in total. The first kappa shape index (κ1) is 7.83. The summed E-state index contributed by atoms with van der Waals surface area (Å²) < 4.78 is 0. The van der Waals surface area contributed by atoms with Crippen LogP contribution < -0.4 is 0 Å². The Labute approximate surface area is 70.0 Å². The summed E-state index contributed by atoms with van der Waals surface area (Å²) in [4.78, 5) is 3.86. The highest BCUT2D eigenvalue weighted by Gasteiger charge is 1.93. The van der Waals surface area contributed by atoms with Gasteiger partial charge in [-0.2, -0.15) is 0 Å². The molecular formula is C7H7Cl2N. The normalized spacial score (nSPS) is 32.6. The zero-order valence-electron chi connectivity index (χ0n) is 5.35. The van der Waals surface area contributed by atoms with Gasteiger partial charge in [0.1, 0.15) is 10.3 Å². The number of nitrogens with zero attached hydrogens (tertiary/aromatic N) is 1. The molecule has 0 fully saturated rings. The van der Waals surface area contributed by atoms with Crippen molar-refractivity contribution in [2.24, 2.45) is 4.99 Å². The van der Waals surface area contributed by atoms with Crippen LogP contribution >= 0.6 is 23.2 Å². The third-order valence-corrected chi connectivity index (χ3v) is 1.56. The molecule has 0 atom stereocenters. The Hall–Kier alpha value is -0.270. The van der Waals surface area contributed by atoms with Gasteiger partial charge in [0.2, 0.25) is 0 Å². The summed E-state index contributed by atoms with van der Waals surface area (Å²) in [6, 6.07) is 0. The second-order valence-corrected chi connectivity index (χ2v) is 2.72. The number of halogens is 2. The predicted molar refractivity (Wildman–Crippen MR) is 45.6 cm³/mol. The van der Waals surface area contributed by atoms with Crippen molar-refractivity contribution in [2.45, 2.75) is 12.8 Å². The third kappa shape index (κ3) is 2.54. The molecule has 0 aliphatic carbocycles. The molecule has 54 valence electrons. The van der Waals surface area contributed by atoms with E-state index >= 15 is 0 Å². The minimum absolute atomic E-state index is 0.445. The minimum atomic E-state index is 0.445. The molecular weight excluding hydrogens is 169 g/mol. The lowest BCUT2D eigenvalue weighted by molar-refractivity contribution is 1.04. The standard InChI is InChI=1S/C7H7Cl2N/c8-6-4-2-1-3-5-7(9)10-6/h2,4-5H,1,3H2/b4-2-,7-5-,10-6+. The van der Waals surface area contributed by atoms with Crippen molar-refractivity contribution in [1.82, 2.24) is 0 Å². The van der Waals surface area contributed by atoms with E-state index in [2.05, 4.69) is 4.99 Å². The summed E-state index contributed by atoms with van der Waals surface area (Å²) in [5.74, 6) is 0. The highest BCUT2D eigenvalue weighted by Crippen LogP contribution is 2.11. The van der Waals surface area contributed by atoms with Crippen LogP contribution in [0.4, 0.5) is 0 Å². The van der Waals surface area contributed by atoms with E-state index in [1.807, 2.05) is 12.2 Å². The molecule has 0 spiro atoms. The Balaban J connectivity index is 2.79. The molecule has 0 unspecified atom stereocenters. The van der Waals surface area contributed by atoms with Gasteiger partial charge in [-0.1, -0.05) is 29.3 Å². The maximum atomic E-state index is 5.64. The topological polar surface area (TPSA) is 12.4 Å². The van der Waals surface area contributed by atoms with Gasteiger partial charge in [-0.15, -0.1) is 0 Å². The van der Waals surface area contributed by atoms with Crippen molar-refractivity contribution in [3.05, 3.63) is 23.4 Å². The van der Waals surface area contributed by atoms with Crippen LogP contribution in [0, 0.1) is 0 Å². The highest BCUT2D eigenvalue weighted by molar-refractivity contribution is 6.68. The van der Waals surface area contributed by atoms with Gasteiger partial charge in [-0.3, -0.25) is 0 Å². The zero-order valence-corrected chi connectivity index (χ0v) is 6.86. The largest absolute Gasteiger partial charge is 0.225 e.